The van der Waals surface area contributed by atoms with Crippen molar-refractivity contribution in [1.82, 2.24) is 5.32 Å². The summed E-state index contributed by atoms with van der Waals surface area (Å²) in [6.07, 6.45) is 4.23. The summed E-state index contributed by atoms with van der Waals surface area (Å²) in [5.74, 6) is 1.46. The van der Waals surface area contributed by atoms with Gasteiger partial charge in [0.25, 0.3) is 0 Å². The SMILES string of the molecule is COc1cc(/C=C/[C@@]23NC(=O)CN2c2ccccc2C3(C)C)ccc1OC(C)C. The van der Waals surface area contributed by atoms with Crippen molar-refractivity contribution >= 4 is 17.7 Å². The highest BCUT2D eigenvalue weighted by Gasteiger charge is 2.59. The summed E-state index contributed by atoms with van der Waals surface area (Å²) in [6.45, 7) is 8.70. The Morgan fingerprint density at radius 1 is 1.14 bits per heavy atom. The van der Waals surface area contributed by atoms with Crippen LogP contribution in [-0.2, 0) is 10.2 Å². The van der Waals surface area contributed by atoms with Crippen molar-refractivity contribution in [3.63, 3.8) is 0 Å². The molecule has 4 rings (SSSR count). The predicted octanol–water partition coefficient (Wildman–Crippen LogP) is 4.12. The second kappa shape index (κ2) is 6.83. The van der Waals surface area contributed by atoms with Crippen LogP contribution in [-0.4, -0.2) is 31.3 Å². The average molecular weight is 392 g/mol. The Kier molecular flexibility index (Phi) is 4.56. The third-order valence-electron chi connectivity index (χ3n) is 5.95. The van der Waals surface area contributed by atoms with Crippen LogP contribution in [0.2, 0.25) is 0 Å². The number of nitrogens with zero attached hydrogens (tertiary/aromatic N) is 1. The number of amides is 1. The third-order valence-corrected chi connectivity index (χ3v) is 5.95. The van der Waals surface area contributed by atoms with Gasteiger partial charge >= 0.3 is 0 Å². The van der Waals surface area contributed by atoms with Crippen LogP contribution >= 0.6 is 0 Å². The molecule has 5 heteroatoms. The first-order valence-electron chi connectivity index (χ1n) is 10.0. The van der Waals surface area contributed by atoms with Crippen LogP contribution in [0.3, 0.4) is 0 Å². The topological polar surface area (TPSA) is 50.8 Å². The van der Waals surface area contributed by atoms with Gasteiger partial charge in [-0.25, -0.2) is 0 Å². The lowest BCUT2D eigenvalue weighted by Gasteiger charge is -2.40. The molecule has 1 fully saturated rings. The molecule has 1 saturated heterocycles. The minimum Gasteiger partial charge on any atom is -0.493 e. The molecule has 0 spiro atoms. The number of carbonyl (C=O) groups is 1. The summed E-state index contributed by atoms with van der Waals surface area (Å²) in [5.41, 5.74) is 2.45. The van der Waals surface area contributed by atoms with Gasteiger partial charge in [-0.05, 0) is 49.2 Å². The molecule has 2 heterocycles. The number of hydrogen-bond acceptors (Lipinski definition) is 4. The molecule has 2 aromatic rings. The van der Waals surface area contributed by atoms with E-state index < -0.39 is 5.66 Å². The second-order valence-corrected chi connectivity index (χ2v) is 8.45. The minimum atomic E-state index is -0.603. The highest BCUT2D eigenvalue weighted by atomic mass is 16.5. The van der Waals surface area contributed by atoms with E-state index >= 15 is 0 Å². The van der Waals surface area contributed by atoms with Crippen LogP contribution in [0.15, 0.2) is 48.5 Å². The molecule has 2 aliphatic rings. The van der Waals surface area contributed by atoms with E-state index in [2.05, 4.69) is 48.3 Å². The fraction of sp³-hybridized carbons (Fsp3) is 0.375. The Morgan fingerprint density at radius 3 is 2.62 bits per heavy atom. The van der Waals surface area contributed by atoms with E-state index in [0.29, 0.717) is 12.3 Å². The molecular weight excluding hydrogens is 364 g/mol. The summed E-state index contributed by atoms with van der Waals surface area (Å²) in [4.78, 5) is 14.6. The third kappa shape index (κ3) is 2.96. The molecule has 152 valence electrons. The maximum atomic E-state index is 12.4. The van der Waals surface area contributed by atoms with Crippen molar-refractivity contribution in [3.05, 3.63) is 59.7 Å². The van der Waals surface area contributed by atoms with Crippen LogP contribution < -0.4 is 19.7 Å². The van der Waals surface area contributed by atoms with Crippen LogP contribution in [0.25, 0.3) is 6.08 Å². The van der Waals surface area contributed by atoms with Gasteiger partial charge in [0.05, 0.1) is 19.8 Å². The maximum absolute atomic E-state index is 12.4. The number of fused-ring (bicyclic) bond motifs is 3. The van der Waals surface area contributed by atoms with E-state index in [1.807, 2.05) is 44.2 Å². The van der Waals surface area contributed by atoms with Gasteiger partial charge in [0.1, 0.15) is 5.66 Å². The number of nitrogens with one attached hydrogen (secondary N) is 1. The molecule has 1 amide bonds. The van der Waals surface area contributed by atoms with Crippen molar-refractivity contribution < 1.29 is 14.3 Å². The fourth-order valence-corrected chi connectivity index (χ4v) is 4.50. The van der Waals surface area contributed by atoms with E-state index in [-0.39, 0.29) is 17.4 Å². The molecule has 1 N–H and O–H groups in total. The van der Waals surface area contributed by atoms with Crippen molar-refractivity contribution in [2.45, 2.75) is 44.9 Å². The van der Waals surface area contributed by atoms with Gasteiger partial charge in [0.15, 0.2) is 11.5 Å². The molecule has 0 radical (unpaired) electrons. The van der Waals surface area contributed by atoms with Crippen molar-refractivity contribution in [1.29, 1.82) is 0 Å². The number of ether oxygens (including phenoxy) is 2. The Labute approximate surface area is 172 Å². The van der Waals surface area contributed by atoms with Crippen LogP contribution in [0, 0.1) is 0 Å². The molecule has 0 unspecified atom stereocenters. The largest absolute Gasteiger partial charge is 0.493 e. The fourth-order valence-electron chi connectivity index (χ4n) is 4.50. The summed E-state index contributed by atoms with van der Waals surface area (Å²) in [5, 5.41) is 3.25. The molecule has 1 atom stereocenters. The molecule has 5 nitrogen and oxygen atoms in total. The second-order valence-electron chi connectivity index (χ2n) is 8.45. The number of carbonyl (C=O) groups excluding carboxylic acids is 1. The van der Waals surface area contributed by atoms with Crippen molar-refractivity contribution in [3.8, 4) is 11.5 Å². The number of hydrogen-bond donors (Lipinski definition) is 1. The Balaban J connectivity index is 1.73. The lowest BCUT2D eigenvalue weighted by molar-refractivity contribution is -0.118. The van der Waals surface area contributed by atoms with Gasteiger partial charge in [-0.1, -0.05) is 44.2 Å². The van der Waals surface area contributed by atoms with Gasteiger partial charge in [-0.2, -0.15) is 0 Å². The van der Waals surface area contributed by atoms with Crippen LogP contribution in [0.1, 0.15) is 38.8 Å². The van der Waals surface area contributed by atoms with E-state index in [1.54, 1.807) is 7.11 Å². The molecule has 2 aromatic carbocycles. The zero-order chi connectivity index (χ0) is 20.8. The standard InChI is InChI=1S/C24H28N2O3/c1-16(2)29-20-11-10-17(14-21(20)28-5)12-13-24-23(3,4)18-8-6-7-9-19(18)26(24)15-22(27)25-24/h6-14,16H,15H2,1-5H3,(H,25,27)/b13-12+/t24-/m1/s1. The average Bonchev–Trinajstić information content (AvgIpc) is 3.11. The summed E-state index contributed by atoms with van der Waals surface area (Å²) in [7, 11) is 1.64. The molecular formula is C24H28N2O3. The van der Waals surface area contributed by atoms with E-state index in [9.17, 15) is 4.79 Å². The highest BCUT2D eigenvalue weighted by Crippen LogP contribution is 2.52. The number of rotatable bonds is 5. The summed E-state index contributed by atoms with van der Waals surface area (Å²) >= 11 is 0. The zero-order valence-electron chi connectivity index (χ0n) is 17.7. The number of para-hydroxylation sites is 1. The summed E-state index contributed by atoms with van der Waals surface area (Å²) in [6, 6.07) is 14.2. The number of methoxy groups -OCH3 is 1. The van der Waals surface area contributed by atoms with E-state index in [1.165, 1.54) is 5.56 Å². The first kappa shape index (κ1) is 19.4. The maximum Gasteiger partial charge on any atom is 0.241 e. The Hall–Kier alpha value is -2.95. The molecule has 0 aromatic heterocycles. The molecule has 0 saturated carbocycles. The van der Waals surface area contributed by atoms with Crippen molar-refractivity contribution in [2.75, 3.05) is 18.6 Å². The normalized spacial score (nSPS) is 22.0. The number of anilines is 1. The lowest BCUT2D eigenvalue weighted by Crippen LogP contribution is -2.58. The van der Waals surface area contributed by atoms with Gasteiger partial charge in [-0.15, -0.1) is 0 Å². The van der Waals surface area contributed by atoms with Gasteiger partial charge < -0.3 is 19.7 Å². The molecule has 0 aliphatic carbocycles. The first-order valence-corrected chi connectivity index (χ1v) is 10.0. The Bertz CT molecular complexity index is 980. The monoisotopic (exact) mass is 392 g/mol. The lowest BCUT2D eigenvalue weighted by atomic mass is 9.75. The first-order chi connectivity index (χ1) is 13.8. The van der Waals surface area contributed by atoms with Gasteiger partial charge in [0.2, 0.25) is 5.91 Å². The number of benzene rings is 2. The van der Waals surface area contributed by atoms with E-state index in [0.717, 1.165) is 17.0 Å². The van der Waals surface area contributed by atoms with Gasteiger partial charge in [-0.3, -0.25) is 4.79 Å². The molecule has 0 bridgehead atoms. The van der Waals surface area contributed by atoms with Crippen LogP contribution in [0.5, 0.6) is 11.5 Å². The van der Waals surface area contributed by atoms with Crippen molar-refractivity contribution in [2.24, 2.45) is 0 Å². The minimum absolute atomic E-state index is 0.0375. The zero-order valence-corrected chi connectivity index (χ0v) is 17.7. The quantitative estimate of drug-likeness (QED) is 0.832. The highest BCUT2D eigenvalue weighted by molar-refractivity contribution is 5.91. The smallest absolute Gasteiger partial charge is 0.241 e. The predicted molar refractivity (Wildman–Crippen MR) is 115 cm³/mol. The molecule has 29 heavy (non-hydrogen) atoms. The Morgan fingerprint density at radius 2 is 1.90 bits per heavy atom. The van der Waals surface area contributed by atoms with Crippen LogP contribution in [0.4, 0.5) is 5.69 Å². The molecule has 2 aliphatic heterocycles. The summed E-state index contributed by atoms with van der Waals surface area (Å²) < 4.78 is 11.3. The van der Waals surface area contributed by atoms with Gasteiger partial charge in [0, 0.05) is 11.1 Å². The van der Waals surface area contributed by atoms with E-state index in [4.69, 9.17) is 9.47 Å².